The first-order chi connectivity index (χ1) is 10.8. The van der Waals surface area contributed by atoms with Gasteiger partial charge in [0.25, 0.3) is 0 Å². The van der Waals surface area contributed by atoms with E-state index in [4.69, 9.17) is 0 Å². The Morgan fingerprint density at radius 2 is 1.91 bits per heavy atom. The van der Waals surface area contributed by atoms with Crippen LogP contribution >= 0.6 is 0 Å². The molecule has 2 saturated carbocycles. The van der Waals surface area contributed by atoms with Gasteiger partial charge >= 0.3 is 0 Å². The van der Waals surface area contributed by atoms with E-state index in [1.54, 1.807) is 11.1 Å². The maximum Gasteiger partial charge on any atom is -0.0169 e. The van der Waals surface area contributed by atoms with Gasteiger partial charge in [-0.15, -0.1) is 0 Å². The van der Waals surface area contributed by atoms with Crippen molar-refractivity contribution in [3.63, 3.8) is 0 Å². The third-order valence-electron chi connectivity index (χ3n) is 7.85. The molecule has 0 N–H and O–H groups in total. The monoisotopic (exact) mass is 312 g/mol. The van der Waals surface area contributed by atoms with Crippen LogP contribution in [-0.4, -0.2) is 0 Å². The number of fused-ring (bicyclic) bond motifs is 1. The largest absolute Gasteiger partial charge is 0.0996 e. The topological polar surface area (TPSA) is 0 Å². The summed E-state index contributed by atoms with van der Waals surface area (Å²) in [6.07, 6.45) is 11.6. The Balaban J connectivity index is 1.77. The van der Waals surface area contributed by atoms with Crippen LogP contribution in [-0.2, 0) is 0 Å². The smallest absolute Gasteiger partial charge is 0.0169 e. The third kappa shape index (κ3) is 2.99. The highest BCUT2D eigenvalue weighted by molar-refractivity contribution is 5.35. The van der Waals surface area contributed by atoms with Crippen molar-refractivity contribution in [3.05, 3.63) is 36.0 Å². The Morgan fingerprint density at radius 1 is 1.17 bits per heavy atom. The zero-order valence-corrected chi connectivity index (χ0v) is 15.8. The molecule has 0 nitrogen and oxygen atoms in total. The molecule has 0 heteroatoms. The van der Waals surface area contributed by atoms with Crippen molar-refractivity contribution in [1.82, 2.24) is 0 Å². The molecule has 2 fully saturated rings. The lowest BCUT2D eigenvalue weighted by atomic mass is 9.51. The second kappa shape index (κ2) is 6.26. The highest BCUT2D eigenvalue weighted by Crippen LogP contribution is 2.57. The molecule has 3 aliphatic rings. The first-order valence-corrected chi connectivity index (χ1v) is 9.88. The van der Waals surface area contributed by atoms with E-state index in [0.717, 1.165) is 23.7 Å². The summed E-state index contributed by atoms with van der Waals surface area (Å²) >= 11 is 0. The van der Waals surface area contributed by atoms with Crippen LogP contribution in [0.3, 0.4) is 0 Å². The van der Waals surface area contributed by atoms with Crippen LogP contribution in [0.1, 0.15) is 72.6 Å². The summed E-state index contributed by atoms with van der Waals surface area (Å²) in [4.78, 5) is 0. The fraction of sp³-hybridized carbons (Fsp3) is 0.739. The van der Waals surface area contributed by atoms with Gasteiger partial charge in [0.05, 0.1) is 0 Å². The van der Waals surface area contributed by atoms with Gasteiger partial charge in [0, 0.05) is 0 Å². The van der Waals surface area contributed by atoms with Crippen molar-refractivity contribution in [2.24, 2.45) is 35.0 Å². The molecule has 5 unspecified atom stereocenters. The van der Waals surface area contributed by atoms with Gasteiger partial charge < -0.3 is 0 Å². The molecule has 0 aliphatic heterocycles. The summed E-state index contributed by atoms with van der Waals surface area (Å²) in [6, 6.07) is 0. The highest BCUT2D eigenvalue weighted by Gasteiger charge is 2.48. The van der Waals surface area contributed by atoms with Gasteiger partial charge in [-0.2, -0.15) is 0 Å². The molecule has 0 saturated heterocycles. The Bertz CT molecular complexity index is 518. The number of hydrogen-bond acceptors (Lipinski definition) is 0. The second-order valence-electron chi connectivity index (χ2n) is 9.31. The molecule has 0 heterocycles. The Hall–Kier alpha value is -0.780. The van der Waals surface area contributed by atoms with Crippen molar-refractivity contribution in [2.75, 3.05) is 0 Å². The molecular formula is C23H36. The molecule has 128 valence electrons. The van der Waals surface area contributed by atoms with E-state index in [2.05, 4.69) is 46.9 Å². The molecule has 23 heavy (non-hydrogen) atoms. The first-order valence-electron chi connectivity index (χ1n) is 9.88. The molecule has 0 amide bonds. The molecule has 0 aromatic heterocycles. The van der Waals surface area contributed by atoms with Crippen molar-refractivity contribution < 1.29 is 0 Å². The van der Waals surface area contributed by atoms with E-state index in [0.29, 0.717) is 11.3 Å². The van der Waals surface area contributed by atoms with Crippen LogP contribution in [0.15, 0.2) is 36.0 Å². The number of rotatable bonds is 3. The predicted molar refractivity (Wildman–Crippen MR) is 101 cm³/mol. The normalized spacial score (nSPS) is 38.2. The molecule has 3 rings (SSSR count). The maximum absolute atomic E-state index is 4.51. The van der Waals surface area contributed by atoms with E-state index in [-0.39, 0.29) is 0 Å². The summed E-state index contributed by atoms with van der Waals surface area (Å²) in [5, 5.41) is 0. The molecule has 0 bridgehead atoms. The van der Waals surface area contributed by atoms with Gasteiger partial charge in [-0.3, -0.25) is 0 Å². The van der Waals surface area contributed by atoms with E-state index in [9.17, 15) is 0 Å². The minimum atomic E-state index is 0.501. The maximum atomic E-state index is 4.51. The van der Waals surface area contributed by atoms with Crippen LogP contribution < -0.4 is 0 Å². The van der Waals surface area contributed by atoms with E-state index in [1.807, 2.05) is 0 Å². The summed E-state index contributed by atoms with van der Waals surface area (Å²) in [5.41, 5.74) is 5.01. The molecule has 3 aliphatic carbocycles. The standard InChI is InChI=1S/C23H36/c1-15-8-7-9-19(15)17(3)14-21-16(2)10-13-22-20(21)12-11-18(4)23(22,5)6/h9,17-18,20-22H,1-2,7-8,10-14H2,3-6H3. The zero-order chi connectivity index (χ0) is 16.8. The van der Waals surface area contributed by atoms with Gasteiger partial charge in [-0.25, -0.2) is 0 Å². The van der Waals surface area contributed by atoms with E-state index < -0.39 is 0 Å². The van der Waals surface area contributed by atoms with Crippen LogP contribution in [0.2, 0.25) is 0 Å². The summed E-state index contributed by atoms with van der Waals surface area (Å²) in [6.45, 7) is 18.8. The van der Waals surface area contributed by atoms with E-state index >= 15 is 0 Å². The quantitative estimate of drug-likeness (QED) is 0.495. The average molecular weight is 313 g/mol. The fourth-order valence-corrected chi connectivity index (χ4v) is 5.92. The minimum absolute atomic E-state index is 0.501. The molecule has 0 aromatic rings. The molecule has 5 atom stereocenters. The van der Waals surface area contributed by atoms with Crippen molar-refractivity contribution in [3.8, 4) is 0 Å². The fourth-order valence-electron chi connectivity index (χ4n) is 5.92. The van der Waals surface area contributed by atoms with Gasteiger partial charge in [0.1, 0.15) is 0 Å². The predicted octanol–water partition coefficient (Wildman–Crippen LogP) is 6.94. The molecule has 0 spiro atoms. The lowest BCUT2D eigenvalue weighted by molar-refractivity contribution is -0.0204. The second-order valence-corrected chi connectivity index (χ2v) is 9.31. The highest BCUT2D eigenvalue weighted by atomic mass is 14.5. The van der Waals surface area contributed by atoms with Crippen molar-refractivity contribution in [2.45, 2.75) is 72.6 Å². The van der Waals surface area contributed by atoms with Gasteiger partial charge in [0.2, 0.25) is 0 Å². The Labute approximate surface area is 144 Å². The third-order valence-corrected chi connectivity index (χ3v) is 7.85. The summed E-state index contributed by atoms with van der Waals surface area (Å²) in [5.74, 6) is 4.04. The molecule has 0 aromatic carbocycles. The first kappa shape index (κ1) is 17.1. The van der Waals surface area contributed by atoms with Gasteiger partial charge in [-0.1, -0.05) is 58.1 Å². The Kier molecular flexibility index (Phi) is 4.64. The lowest BCUT2D eigenvalue weighted by Crippen LogP contribution is -2.46. The van der Waals surface area contributed by atoms with Crippen LogP contribution in [0.4, 0.5) is 0 Å². The zero-order valence-electron chi connectivity index (χ0n) is 15.8. The van der Waals surface area contributed by atoms with Crippen molar-refractivity contribution >= 4 is 0 Å². The SMILES string of the molecule is C=C1CCC=C1C(C)CC1C(=C)CCC2C1CCC(C)C2(C)C. The van der Waals surface area contributed by atoms with Crippen molar-refractivity contribution in [1.29, 1.82) is 0 Å². The molecule has 0 radical (unpaired) electrons. The molecular weight excluding hydrogens is 276 g/mol. The summed E-state index contributed by atoms with van der Waals surface area (Å²) < 4.78 is 0. The van der Waals surface area contributed by atoms with E-state index in [1.165, 1.54) is 50.5 Å². The summed E-state index contributed by atoms with van der Waals surface area (Å²) in [7, 11) is 0. The average Bonchev–Trinajstić information content (AvgIpc) is 2.92. The lowest BCUT2D eigenvalue weighted by Gasteiger charge is -2.54. The number of hydrogen-bond donors (Lipinski definition) is 0. The van der Waals surface area contributed by atoms with Crippen LogP contribution in [0, 0.1) is 35.0 Å². The van der Waals surface area contributed by atoms with Crippen LogP contribution in [0.5, 0.6) is 0 Å². The minimum Gasteiger partial charge on any atom is -0.0996 e. The van der Waals surface area contributed by atoms with Gasteiger partial charge in [-0.05, 0) is 85.5 Å². The van der Waals surface area contributed by atoms with Gasteiger partial charge in [0.15, 0.2) is 0 Å². The van der Waals surface area contributed by atoms with Crippen LogP contribution in [0.25, 0.3) is 0 Å². The number of allylic oxidation sites excluding steroid dienone is 4. The Morgan fingerprint density at radius 3 is 2.57 bits per heavy atom.